The largest absolute Gasteiger partial charge is 0.349 e. The summed E-state index contributed by atoms with van der Waals surface area (Å²) in [4.78, 5) is 17.8. The van der Waals surface area contributed by atoms with E-state index in [1.807, 2.05) is 34.5 Å². The number of aromatic nitrogens is 1. The van der Waals surface area contributed by atoms with Gasteiger partial charge in [0.05, 0.1) is 18.3 Å². The summed E-state index contributed by atoms with van der Waals surface area (Å²) >= 11 is 4.98. The average Bonchev–Trinajstić information content (AvgIpc) is 3.13. The van der Waals surface area contributed by atoms with Crippen LogP contribution in [0.25, 0.3) is 11.3 Å². The molecule has 0 N–H and O–H groups in total. The molecular weight excluding hydrogens is 352 g/mol. The van der Waals surface area contributed by atoms with Crippen LogP contribution in [-0.4, -0.2) is 30.1 Å². The fourth-order valence-electron chi connectivity index (χ4n) is 2.40. The first kappa shape index (κ1) is 14.7. The highest BCUT2D eigenvalue weighted by Gasteiger charge is 2.35. The van der Waals surface area contributed by atoms with Crippen molar-refractivity contribution in [2.24, 2.45) is 0 Å². The Kier molecular flexibility index (Phi) is 4.37. The van der Waals surface area contributed by atoms with Gasteiger partial charge in [-0.15, -0.1) is 11.3 Å². The summed E-state index contributed by atoms with van der Waals surface area (Å²) in [5, 5.41) is 2.86. The lowest BCUT2D eigenvalue weighted by atomic mass is 10.2. The molecule has 4 nitrogen and oxygen atoms in total. The van der Waals surface area contributed by atoms with Gasteiger partial charge in [-0.05, 0) is 18.6 Å². The molecule has 0 spiro atoms. The maximum absolute atomic E-state index is 11.2. The second-order valence-corrected chi connectivity index (χ2v) is 6.60. The number of halogens is 1. The minimum Gasteiger partial charge on any atom is -0.349 e. The third-order valence-electron chi connectivity index (χ3n) is 3.57. The van der Waals surface area contributed by atoms with E-state index in [-0.39, 0.29) is 6.04 Å². The molecule has 0 amide bonds. The normalized spacial score (nSPS) is 21.7. The molecule has 21 heavy (non-hydrogen) atoms. The molecule has 1 aromatic heterocycles. The highest BCUT2D eigenvalue weighted by Crippen LogP contribution is 2.33. The number of nitrogens with zero attached hydrogens (tertiary/aromatic N) is 2. The highest BCUT2D eigenvalue weighted by molar-refractivity contribution is 9.10. The van der Waals surface area contributed by atoms with Crippen molar-refractivity contribution in [2.45, 2.75) is 25.6 Å². The lowest BCUT2D eigenvalue weighted by Gasteiger charge is -2.23. The molecule has 0 saturated carbocycles. The number of thiazole rings is 1. The maximum Gasteiger partial charge on any atom is 0.188 e. The molecule has 1 aliphatic heterocycles. The first-order valence-corrected chi connectivity index (χ1v) is 8.47. The number of carbonyl (C=O) groups excluding carboxylic acids is 1. The number of aldehydes is 1. The monoisotopic (exact) mass is 366 g/mol. The van der Waals surface area contributed by atoms with Gasteiger partial charge >= 0.3 is 0 Å². The Morgan fingerprint density at radius 3 is 2.90 bits per heavy atom. The van der Waals surface area contributed by atoms with Crippen molar-refractivity contribution in [3.8, 4) is 11.3 Å². The standard InChI is InChI=1S/C15H15BrN2O2S/c1-2-12-8-20-14(7-19)18(12)15-17-13(9-21-15)10-3-5-11(16)6-4-10/h3-7,9,12,14H,2,8H2,1H3/t12-,14?/m1/s1. The van der Waals surface area contributed by atoms with Gasteiger partial charge in [0.1, 0.15) is 0 Å². The number of carbonyl (C=O) groups is 1. The van der Waals surface area contributed by atoms with Gasteiger partial charge < -0.3 is 9.64 Å². The first-order chi connectivity index (χ1) is 10.2. The molecule has 2 heterocycles. The quantitative estimate of drug-likeness (QED) is 0.773. The zero-order chi connectivity index (χ0) is 14.8. The van der Waals surface area contributed by atoms with E-state index in [0.717, 1.165) is 33.6 Å². The van der Waals surface area contributed by atoms with Crippen LogP contribution in [0.3, 0.4) is 0 Å². The van der Waals surface area contributed by atoms with Crippen LogP contribution in [-0.2, 0) is 9.53 Å². The Hall–Kier alpha value is -1.24. The van der Waals surface area contributed by atoms with Crippen molar-refractivity contribution in [1.29, 1.82) is 0 Å². The zero-order valence-electron chi connectivity index (χ0n) is 11.5. The summed E-state index contributed by atoms with van der Waals surface area (Å²) in [5.74, 6) is 0. The summed E-state index contributed by atoms with van der Waals surface area (Å²) in [7, 11) is 0. The van der Waals surface area contributed by atoms with Gasteiger partial charge in [-0.1, -0.05) is 35.0 Å². The van der Waals surface area contributed by atoms with Crippen LogP contribution < -0.4 is 4.90 Å². The maximum atomic E-state index is 11.2. The molecule has 6 heteroatoms. The summed E-state index contributed by atoms with van der Waals surface area (Å²) < 4.78 is 6.56. The van der Waals surface area contributed by atoms with Gasteiger partial charge in [0.15, 0.2) is 17.6 Å². The second kappa shape index (κ2) is 6.25. The van der Waals surface area contributed by atoms with Gasteiger partial charge in [0, 0.05) is 15.4 Å². The highest BCUT2D eigenvalue weighted by atomic mass is 79.9. The molecule has 0 radical (unpaired) electrons. The number of anilines is 1. The summed E-state index contributed by atoms with van der Waals surface area (Å²) in [6, 6.07) is 8.26. The van der Waals surface area contributed by atoms with E-state index in [9.17, 15) is 4.79 Å². The number of benzene rings is 1. The molecule has 1 fully saturated rings. The lowest BCUT2D eigenvalue weighted by Crippen LogP contribution is -2.37. The van der Waals surface area contributed by atoms with Gasteiger partial charge in [-0.25, -0.2) is 4.98 Å². The van der Waals surface area contributed by atoms with E-state index >= 15 is 0 Å². The van der Waals surface area contributed by atoms with Crippen LogP contribution in [0.15, 0.2) is 34.1 Å². The zero-order valence-corrected chi connectivity index (χ0v) is 13.9. The molecule has 110 valence electrons. The molecular formula is C15H15BrN2O2S. The van der Waals surface area contributed by atoms with Gasteiger partial charge in [0.2, 0.25) is 0 Å². The Morgan fingerprint density at radius 1 is 1.48 bits per heavy atom. The SMILES string of the molecule is CC[C@@H]1COC(C=O)N1c1nc(-c2ccc(Br)cc2)cs1. The molecule has 0 bridgehead atoms. The third kappa shape index (κ3) is 2.88. The predicted molar refractivity (Wildman–Crippen MR) is 87.6 cm³/mol. The van der Waals surface area contributed by atoms with Crippen LogP contribution in [0, 0.1) is 0 Å². The van der Waals surface area contributed by atoms with Crippen LogP contribution in [0.4, 0.5) is 5.13 Å². The van der Waals surface area contributed by atoms with Crippen molar-refractivity contribution in [3.05, 3.63) is 34.1 Å². The van der Waals surface area contributed by atoms with Crippen LogP contribution >= 0.6 is 27.3 Å². The number of ether oxygens (including phenoxy) is 1. The molecule has 3 rings (SSSR count). The molecule has 2 aromatic rings. The van der Waals surface area contributed by atoms with Crippen LogP contribution in [0.5, 0.6) is 0 Å². The Morgan fingerprint density at radius 2 is 2.24 bits per heavy atom. The van der Waals surface area contributed by atoms with Crippen molar-refractivity contribution < 1.29 is 9.53 Å². The van der Waals surface area contributed by atoms with E-state index in [4.69, 9.17) is 4.74 Å². The minimum atomic E-state index is -0.515. The smallest absolute Gasteiger partial charge is 0.188 e. The van der Waals surface area contributed by atoms with E-state index in [0.29, 0.717) is 6.61 Å². The molecule has 1 aromatic carbocycles. The third-order valence-corrected chi connectivity index (χ3v) is 4.95. The van der Waals surface area contributed by atoms with E-state index in [2.05, 4.69) is 27.8 Å². The Balaban J connectivity index is 1.90. The second-order valence-electron chi connectivity index (χ2n) is 4.85. The minimum absolute atomic E-state index is 0.212. The number of hydrogen-bond acceptors (Lipinski definition) is 5. The van der Waals surface area contributed by atoms with Gasteiger partial charge in [-0.3, -0.25) is 4.79 Å². The molecule has 1 aliphatic rings. The van der Waals surface area contributed by atoms with Gasteiger partial charge in [0.25, 0.3) is 0 Å². The van der Waals surface area contributed by atoms with Crippen LogP contribution in [0.1, 0.15) is 13.3 Å². The average molecular weight is 367 g/mol. The van der Waals surface area contributed by atoms with Crippen molar-refractivity contribution in [2.75, 3.05) is 11.5 Å². The fraction of sp³-hybridized carbons (Fsp3) is 0.333. The summed E-state index contributed by atoms with van der Waals surface area (Å²) in [6.07, 6.45) is 1.26. The molecule has 0 aliphatic carbocycles. The number of hydrogen-bond donors (Lipinski definition) is 0. The number of rotatable bonds is 4. The lowest BCUT2D eigenvalue weighted by molar-refractivity contribution is -0.115. The molecule has 1 unspecified atom stereocenters. The van der Waals surface area contributed by atoms with E-state index in [1.54, 1.807) is 11.3 Å². The van der Waals surface area contributed by atoms with Crippen molar-refractivity contribution >= 4 is 38.7 Å². The Bertz CT molecular complexity index is 629. The van der Waals surface area contributed by atoms with Gasteiger partial charge in [-0.2, -0.15) is 0 Å². The Labute approximate surface area is 135 Å². The van der Waals surface area contributed by atoms with Crippen LogP contribution in [0.2, 0.25) is 0 Å². The molecule has 1 saturated heterocycles. The first-order valence-electron chi connectivity index (χ1n) is 6.79. The van der Waals surface area contributed by atoms with E-state index < -0.39 is 6.23 Å². The summed E-state index contributed by atoms with van der Waals surface area (Å²) in [5.41, 5.74) is 1.99. The predicted octanol–water partition coefficient (Wildman–Crippen LogP) is 3.71. The van der Waals surface area contributed by atoms with Crippen molar-refractivity contribution in [1.82, 2.24) is 4.98 Å². The topological polar surface area (TPSA) is 42.4 Å². The molecule has 2 atom stereocenters. The van der Waals surface area contributed by atoms with E-state index in [1.165, 1.54) is 0 Å². The summed E-state index contributed by atoms with van der Waals surface area (Å²) in [6.45, 7) is 2.67. The fourth-order valence-corrected chi connectivity index (χ4v) is 3.59. The van der Waals surface area contributed by atoms with Crippen molar-refractivity contribution in [3.63, 3.8) is 0 Å².